The van der Waals surface area contributed by atoms with Crippen LogP contribution in [0.3, 0.4) is 0 Å². The van der Waals surface area contributed by atoms with Crippen LogP contribution in [0.2, 0.25) is 0 Å². The van der Waals surface area contributed by atoms with Crippen LogP contribution >= 0.6 is 0 Å². The van der Waals surface area contributed by atoms with Gasteiger partial charge >= 0.3 is 0 Å². The molecule has 0 saturated carbocycles. The molecule has 1 saturated heterocycles. The van der Waals surface area contributed by atoms with Gasteiger partial charge in [-0.1, -0.05) is 30.3 Å². The number of amides is 2. The predicted molar refractivity (Wildman–Crippen MR) is 87.4 cm³/mol. The highest BCUT2D eigenvalue weighted by atomic mass is 16.5. The smallest absolute Gasteiger partial charge is 0.277 e. The van der Waals surface area contributed by atoms with Gasteiger partial charge in [0.1, 0.15) is 5.70 Å². The molecule has 23 heavy (non-hydrogen) atoms. The Hall–Kier alpha value is -2.14. The third-order valence-corrected chi connectivity index (χ3v) is 4.36. The van der Waals surface area contributed by atoms with Crippen molar-refractivity contribution in [3.8, 4) is 0 Å². The average Bonchev–Trinajstić information content (AvgIpc) is 3.17. The van der Waals surface area contributed by atoms with E-state index in [0.717, 1.165) is 31.5 Å². The molecule has 1 aromatic rings. The summed E-state index contributed by atoms with van der Waals surface area (Å²) in [6.45, 7) is 2.63. The van der Waals surface area contributed by atoms with Crippen LogP contribution < -0.4 is 0 Å². The normalized spacial score (nSPS) is 18.5. The molecule has 0 aromatic heterocycles. The van der Waals surface area contributed by atoms with Gasteiger partial charge in [0, 0.05) is 33.4 Å². The van der Waals surface area contributed by atoms with Gasteiger partial charge in [-0.05, 0) is 24.8 Å². The van der Waals surface area contributed by atoms with Gasteiger partial charge in [-0.15, -0.1) is 0 Å². The van der Waals surface area contributed by atoms with Gasteiger partial charge in [-0.3, -0.25) is 14.5 Å². The fourth-order valence-corrected chi connectivity index (χ4v) is 3.23. The molecule has 2 aliphatic heterocycles. The molecule has 0 bridgehead atoms. The molecule has 1 fully saturated rings. The van der Waals surface area contributed by atoms with Gasteiger partial charge in [0.05, 0.1) is 5.57 Å². The van der Waals surface area contributed by atoms with E-state index in [1.807, 2.05) is 30.3 Å². The van der Waals surface area contributed by atoms with Gasteiger partial charge in [-0.2, -0.15) is 0 Å². The van der Waals surface area contributed by atoms with Gasteiger partial charge in [0.25, 0.3) is 11.8 Å². The number of methoxy groups -OCH3 is 1. The van der Waals surface area contributed by atoms with E-state index in [2.05, 4.69) is 4.90 Å². The predicted octanol–water partition coefficient (Wildman–Crippen LogP) is 1.90. The second-order valence-corrected chi connectivity index (χ2v) is 5.89. The van der Waals surface area contributed by atoms with Crippen molar-refractivity contribution in [3.63, 3.8) is 0 Å². The maximum Gasteiger partial charge on any atom is 0.277 e. The molecule has 3 rings (SSSR count). The summed E-state index contributed by atoms with van der Waals surface area (Å²) >= 11 is 0. The van der Waals surface area contributed by atoms with Crippen molar-refractivity contribution >= 4 is 17.4 Å². The highest BCUT2D eigenvalue weighted by Gasteiger charge is 2.41. The summed E-state index contributed by atoms with van der Waals surface area (Å²) in [4.78, 5) is 29.1. The average molecular weight is 314 g/mol. The second kappa shape index (κ2) is 6.96. The molecule has 2 heterocycles. The Balaban J connectivity index is 1.95. The lowest BCUT2D eigenvalue weighted by molar-refractivity contribution is -0.137. The van der Waals surface area contributed by atoms with Crippen molar-refractivity contribution in [2.45, 2.75) is 19.3 Å². The summed E-state index contributed by atoms with van der Waals surface area (Å²) in [5.41, 5.74) is 1.95. The van der Waals surface area contributed by atoms with Crippen LogP contribution in [0.1, 0.15) is 24.8 Å². The monoisotopic (exact) mass is 314 g/mol. The molecule has 0 spiro atoms. The van der Waals surface area contributed by atoms with Crippen molar-refractivity contribution in [1.29, 1.82) is 0 Å². The van der Waals surface area contributed by atoms with Crippen LogP contribution in [-0.2, 0) is 14.3 Å². The summed E-state index contributed by atoms with van der Waals surface area (Å²) in [6, 6.07) is 9.51. The first-order chi connectivity index (χ1) is 11.2. The Morgan fingerprint density at radius 1 is 1.04 bits per heavy atom. The first-order valence-corrected chi connectivity index (χ1v) is 8.14. The summed E-state index contributed by atoms with van der Waals surface area (Å²) in [7, 11) is 1.62. The van der Waals surface area contributed by atoms with Crippen LogP contribution in [0.25, 0.3) is 5.57 Å². The molecule has 122 valence electrons. The van der Waals surface area contributed by atoms with E-state index in [0.29, 0.717) is 30.8 Å². The minimum Gasteiger partial charge on any atom is -0.385 e. The number of hydrogen-bond acceptors (Lipinski definition) is 4. The fraction of sp³-hybridized carbons (Fsp3) is 0.444. The third kappa shape index (κ3) is 3.01. The van der Waals surface area contributed by atoms with Gasteiger partial charge in [-0.25, -0.2) is 0 Å². The molecule has 2 amide bonds. The Morgan fingerprint density at radius 3 is 2.39 bits per heavy atom. The maximum atomic E-state index is 12.9. The Labute approximate surface area is 136 Å². The lowest BCUT2D eigenvalue weighted by Gasteiger charge is -2.20. The summed E-state index contributed by atoms with van der Waals surface area (Å²) < 4.78 is 5.04. The van der Waals surface area contributed by atoms with E-state index in [4.69, 9.17) is 4.74 Å². The maximum absolute atomic E-state index is 12.9. The van der Waals surface area contributed by atoms with E-state index in [9.17, 15) is 9.59 Å². The number of nitrogens with zero attached hydrogens (tertiary/aromatic N) is 2. The number of rotatable bonds is 6. The number of carbonyl (C=O) groups is 2. The zero-order chi connectivity index (χ0) is 16.2. The first-order valence-electron chi connectivity index (χ1n) is 8.14. The van der Waals surface area contributed by atoms with Crippen molar-refractivity contribution in [3.05, 3.63) is 41.6 Å². The summed E-state index contributed by atoms with van der Waals surface area (Å²) in [5.74, 6) is -0.342. The quantitative estimate of drug-likeness (QED) is 0.594. The number of ether oxygens (including phenoxy) is 1. The lowest BCUT2D eigenvalue weighted by Crippen LogP contribution is -2.35. The lowest BCUT2D eigenvalue weighted by atomic mass is 10.0. The molecule has 2 aliphatic rings. The molecule has 0 unspecified atom stereocenters. The molecular formula is C18H22N2O3. The molecule has 0 aliphatic carbocycles. The second-order valence-electron chi connectivity index (χ2n) is 5.89. The third-order valence-electron chi connectivity index (χ3n) is 4.36. The largest absolute Gasteiger partial charge is 0.385 e. The van der Waals surface area contributed by atoms with E-state index in [1.54, 1.807) is 7.11 Å². The van der Waals surface area contributed by atoms with Crippen molar-refractivity contribution < 1.29 is 14.3 Å². The zero-order valence-electron chi connectivity index (χ0n) is 13.5. The Bertz CT molecular complexity index is 618. The standard InChI is InChI=1S/C18H22N2O3/c1-23-13-7-12-20-17(21)15(14-8-3-2-4-9-14)16(18(20)22)19-10-5-6-11-19/h2-4,8-9H,5-7,10-13H2,1H3. The first kappa shape index (κ1) is 15.7. The molecular weight excluding hydrogens is 292 g/mol. The molecule has 1 aromatic carbocycles. The number of likely N-dealkylation sites (tertiary alicyclic amines) is 1. The number of imide groups is 1. The minimum absolute atomic E-state index is 0.160. The highest BCUT2D eigenvalue weighted by Crippen LogP contribution is 2.33. The van der Waals surface area contributed by atoms with E-state index >= 15 is 0 Å². The van der Waals surface area contributed by atoms with Crippen LogP contribution in [0.5, 0.6) is 0 Å². The molecule has 0 radical (unpaired) electrons. The van der Waals surface area contributed by atoms with Crippen LogP contribution in [0.15, 0.2) is 36.0 Å². The topological polar surface area (TPSA) is 49.9 Å². The Morgan fingerprint density at radius 2 is 1.74 bits per heavy atom. The zero-order valence-corrected chi connectivity index (χ0v) is 13.5. The minimum atomic E-state index is -0.181. The number of carbonyl (C=O) groups excluding carboxylic acids is 2. The number of hydrogen-bond donors (Lipinski definition) is 0. The summed E-state index contributed by atoms with van der Waals surface area (Å²) in [6.07, 6.45) is 2.79. The van der Waals surface area contributed by atoms with Crippen LogP contribution in [0.4, 0.5) is 0 Å². The molecule has 0 N–H and O–H groups in total. The fourth-order valence-electron chi connectivity index (χ4n) is 3.23. The van der Waals surface area contributed by atoms with Gasteiger partial charge in [0.2, 0.25) is 0 Å². The van der Waals surface area contributed by atoms with Crippen LogP contribution in [-0.4, -0.2) is 55.0 Å². The highest BCUT2D eigenvalue weighted by molar-refractivity contribution is 6.35. The van der Waals surface area contributed by atoms with Gasteiger partial charge < -0.3 is 9.64 Å². The SMILES string of the molecule is COCCCN1C(=O)C(c2ccccc2)=C(N2CCCC2)C1=O. The van der Waals surface area contributed by atoms with E-state index < -0.39 is 0 Å². The summed E-state index contributed by atoms with van der Waals surface area (Å²) in [5, 5.41) is 0. The van der Waals surface area contributed by atoms with Crippen molar-refractivity contribution in [1.82, 2.24) is 9.80 Å². The van der Waals surface area contributed by atoms with Gasteiger partial charge in [0.15, 0.2) is 0 Å². The molecule has 0 atom stereocenters. The Kier molecular flexibility index (Phi) is 4.76. The van der Waals surface area contributed by atoms with Crippen LogP contribution in [0, 0.1) is 0 Å². The van der Waals surface area contributed by atoms with Crippen molar-refractivity contribution in [2.75, 3.05) is 33.4 Å². The molecule has 5 nitrogen and oxygen atoms in total. The van der Waals surface area contributed by atoms with E-state index in [1.165, 1.54) is 4.90 Å². The number of benzene rings is 1. The molecule has 5 heteroatoms. The van der Waals surface area contributed by atoms with E-state index in [-0.39, 0.29) is 11.8 Å². The van der Waals surface area contributed by atoms with Crippen molar-refractivity contribution in [2.24, 2.45) is 0 Å².